The summed E-state index contributed by atoms with van der Waals surface area (Å²) >= 11 is 0. The van der Waals surface area contributed by atoms with Crippen molar-refractivity contribution in [1.82, 2.24) is 30.8 Å². The number of carbonyl (C=O) groups is 3. The van der Waals surface area contributed by atoms with Gasteiger partial charge in [-0.25, -0.2) is 9.78 Å². The monoisotopic (exact) mass is 770 g/mol. The van der Waals surface area contributed by atoms with Crippen LogP contribution in [0.3, 0.4) is 0 Å². The molecule has 0 spiro atoms. The Kier molecular flexibility index (Phi) is 17.8. The van der Waals surface area contributed by atoms with Crippen molar-refractivity contribution in [2.75, 3.05) is 39.5 Å². The van der Waals surface area contributed by atoms with Crippen molar-refractivity contribution in [3.05, 3.63) is 60.2 Å². The zero-order valence-corrected chi connectivity index (χ0v) is 31.1. The van der Waals surface area contributed by atoms with Gasteiger partial charge in [0.1, 0.15) is 11.7 Å². The zero-order chi connectivity index (χ0) is 38.1. The van der Waals surface area contributed by atoms with Crippen molar-refractivity contribution in [2.24, 2.45) is 5.92 Å². The van der Waals surface area contributed by atoms with E-state index in [0.29, 0.717) is 65.0 Å². The molecule has 0 aliphatic carbocycles. The van der Waals surface area contributed by atoms with Crippen LogP contribution in [0.15, 0.2) is 48.9 Å². The minimum atomic E-state index is -5.32. The Balaban J connectivity index is 1.52. The molecule has 52 heavy (non-hydrogen) atoms. The van der Waals surface area contributed by atoms with Crippen molar-refractivity contribution in [3.63, 3.8) is 0 Å². The number of unbranched alkanes of at least 4 members (excludes halogenated alkanes) is 1. The van der Waals surface area contributed by atoms with E-state index in [4.69, 9.17) is 33.6 Å². The third kappa shape index (κ3) is 15.8. The second kappa shape index (κ2) is 21.5. The summed E-state index contributed by atoms with van der Waals surface area (Å²) in [5, 5.41) is 7.46. The number of amides is 3. The van der Waals surface area contributed by atoms with Crippen LogP contribution in [0.1, 0.15) is 62.0 Å². The lowest BCUT2D eigenvalue weighted by atomic mass is 9.73. The third-order valence-electron chi connectivity index (χ3n) is 7.87. The van der Waals surface area contributed by atoms with Gasteiger partial charge in [-0.1, -0.05) is 44.2 Å². The van der Waals surface area contributed by atoms with Gasteiger partial charge >= 0.3 is 28.4 Å². The Labute approximate surface area is 303 Å². The van der Waals surface area contributed by atoms with Crippen LogP contribution in [0.5, 0.6) is 0 Å². The number of aromatic nitrogens is 2. The van der Waals surface area contributed by atoms with Gasteiger partial charge in [-0.2, -0.15) is 0 Å². The molecule has 3 rings (SSSR count). The van der Waals surface area contributed by atoms with E-state index < -0.39 is 51.8 Å². The Morgan fingerprint density at radius 2 is 1.60 bits per heavy atom. The minimum absolute atomic E-state index is 0.0932. The Bertz CT molecular complexity index is 1470. The molecular formula is C31H49BN6O12P2. The van der Waals surface area contributed by atoms with Crippen molar-refractivity contribution < 1.29 is 57.1 Å². The van der Waals surface area contributed by atoms with Gasteiger partial charge < -0.3 is 49.2 Å². The molecule has 1 aliphatic heterocycles. The fourth-order valence-corrected chi connectivity index (χ4v) is 7.56. The molecule has 2 atom stereocenters. The molecule has 1 fully saturated rings. The largest absolute Gasteiger partial charge is 0.480 e. The number of alkyl carbamates (subject to hydrolysis) is 1. The number of rotatable bonds is 17. The fraction of sp³-hybridized carbons (Fsp3) is 0.581. The highest BCUT2D eigenvalue weighted by Crippen LogP contribution is 2.58. The highest BCUT2D eigenvalue weighted by atomic mass is 31.2. The summed E-state index contributed by atoms with van der Waals surface area (Å²) in [4.78, 5) is 85.4. The first-order chi connectivity index (χ1) is 24.6. The topological polar surface area (TPSA) is 259 Å². The molecule has 1 aromatic heterocycles. The van der Waals surface area contributed by atoms with Gasteiger partial charge in [-0.05, 0) is 50.1 Å². The molecular weight excluding hydrogens is 721 g/mol. The molecule has 2 aromatic rings. The smallest absolute Gasteiger partial charge is 0.450 e. The van der Waals surface area contributed by atoms with Crippen LogP contribution in [0.25, 0.3) is 0 Å². The molecule has 18 nitrogen and oxygen atoms in total. The van der Waals surface area contributed by atoms with Gasteiger partial charge in [0.05, 0.1) is 18.7 Å². The van der Waals surface area contributed by atoms with Crippen molar-refractivity contribution in [3.8, 4) is 0 Å². The van der Waals surface area contributed by atoms with Crippen LogP contribution in [-0.2, 0) is 34.4 Å². The highest BCUT2D eigenvalue weighted by molar-refractivity contribution is 7.70. The second-order valence-corrected chi connectivity index (χ2v) is 16.5. The number of hydrogen-bond acceptors (Lipinski definition) is 11. The molecule has 7 N–H and O–H groups in total. The second-order valence-electron chi connectivity index (χ2n) is 12.7. The number of nitrogens with zero attached hydrogens (tertiary/aromatic N) is 3. The summed E-state index contributed by atoms with van der Waals surface area (Å²) in [6.07, 6.45) is 6.01. The van der Waals surface area contributed by atoms with Crippen LogP contribution in [-0.4, -0.2) is 116 Å². The number of carbonyl (C=O) groups excluding carboxylic acids is 3. The predicted molar refractivity (Wildman–Crippen MR) is 190 cm³/mol. The fourth-order valence-electron chi connectivity index (χ4n) is 5.44. The third-order valence-corrected chi connectivity index (χ3v) is 11.2. The molecule has 1 aromatic carbocycles. The van der Waals surface area contributed by atoms with E-state index in [-0.39, 0.29) is 30.5 Å². The SMILES string of the molecule is CC(C)C[C@@H](NC(=O)[C@H](Cc1ccccc1)NC(=O)c1cnccn1)B1OCCCN(CCCCOC(=O)NC(P(=O)(O)O)P(=O)(O)O)CCCO1. The molecule has 2 heterocycles. The predicted octanol–water partition coefficient (Wildman–Crippen LogP) is 1.65. The molecule has 0 radical (unpaired) electrons. The summed E-state index contributed by atoms with van der Waals surface area (Å²) in [6.45, 7) is 6.71. The van der Waals surface area contributed by atoms with Crippen LogP contribution in [0.2, 0.25) is 0 Å². The minimum Gasteiger partial charge on any atom is -0.450 e. The Morgan fingerprint density at radius 3 is 2.17 bits per heavy atom. The maximum Gasteiger partial charge on any atom is 0.480 e. The van der Waals surface area contributed by atoms with Gasteiger partial charge in [0.25, 0.3) is 5.91 Å². The molecule has 21 heteroatoms. The average Bonchev–Trinajstić information content (AvgIpc) is 3.08. The standard InChI is InChI=1S/C31H49BN6O12P2/c1-23(2)20-27(36-28(39)25(21-24-10-4-3-5-11-24)35-29(40)26-22-33-12-13-34-26)32-49-18-8-15-38(16-9-19-50-32)14-6-7-17-48-30(41)37-31(51(42,43)44)52(45,46)47/h3-5,10-13,22-23,25,27,31H,6-9,14-21H2,1-2H3,(H,35,40)(H,36,39)(H,37,41)(H2,42,43,44)(H2,45,46,47)/t25-,27+/m0/s1. The van der Waals surface area contributed by atoms with Crippen molar-refractivity contribution in [2.45, 2.75) is 69.9 Å². The number of ether oxygens (including phenoxy) is 1. The molecule has 0 bridgehead atoms. The molecule has 0 unspecified atom stereocenters. The van der Waals surface area contributed by atoms with E-state index in [0.717, 1.165) is 5.56 Å². The summed E-state index contributed by atoms with van der Waals surface area (Å²) < 4.78 is 39.9. The van der Waals surface area contributed by atoms with Crippen LogP contribution < -0.4 is 16.0 Å². The number of nitrogens with one attached hydrogen (secondary N) is 3. The lowest BCUT2D eigenvalue weighted by Gasteiger charge is -2.30. The molecule has 288 valence electrons. The lowest BCUT2D eigenvalue weighted by Crippen LogP contribution is -2.56. The molecule has 0 saturated carbocycles. The summed E-state index contributed by atoms with van der Waals surface area (Å²) in [5.41, 5.74) is -1.72. The highest BCUT2D eigenvalue weighted by Gasteiger charge is 2.45. The normalized spacial score (nSPS) is 16.2. The molecule has 1 aliphatic rings. The van der Waals surface area contributed by atoms with Crippen LogP contribution in [0, 0.1) is 5.92 Å². The van der Waals surface area contributed by atoms with E-state index >= 15 is 0 Å². The first-order valence-electron chi connectivity index (χ1n) is 17.0. The van der Waals surface area contributed by atoms with Gasteiger partial charge in [0, 0.05) is 45.1 Å². The van der Waals surface area contributed by atoms with Gasteiger partial charge in [0.2, 0.25) is 11.4 Å². The van der Waals surface area contributed by atoms with E-state index in [2.05, 4.69) is 25.5 Å². The average molecular weight is 771 g/mol. The molecule has 3 amide bonds. The Hall–Kier alpha value is -3.25. The van der Waals surface area contributed by atoms with Gasteiger partial charge in [0.15, 0.2) is 0 Å². The van der Waals surface area contributed by atoms with E-state index in [1.807, 2.05) is 44.2 Å². The lowest BCUT2D eigenvalue weighted by molar-refractivity contribution is -0.123. The first kappa shape index (κ1) is 43.2. The molecule has 1 saturated heterocycles. The summed E-state index contributed by atoms with van der Waals surface area (Å²) in [5.74, 6) is -1.20. The van der Waals surface area contributed by atoms with E-state index in [1.165, 1.54) is 18.6 Å². The number of benzene rings is 1. The Morgan fingerprint density at radius 1 is 0.942 bits per heavy atom. The van der Waals surface area contributed by atoms with Crippen molar-refractivity contribution >= 4 is 40.2 Å². The first-order valence-corrected chi connectivity index (χ1v) is 20.4. The summed E-state index contributed by atoms with van der Waals surface area (Å²) in [7, 11) is -11.4. The maximum atomic E-state index is 13.8. The summed E-state index contributed by atoms with van der Waals surface area (Å²) in [6, 6.07) is 8.46. The van der Waals surface area contributed by atoms with Gasteiger partial charge in [-0.15, -0.1) is 0 Å². The zero-order valence-electron chi connectivity index (χ0n) is 29.3. The van der Waals surface area contributed by atoms with Gasteiger partial charge in [-0.3, -0.25) is 29.0 Å². The van der Waals surface area contributed by atoms with E-state index in [1.54, 1.807) is 5.32 Å². The van der Waals surface area contributed by atoms with E-state index in [9.17, 15) is 23.5 Å². The quantitative estimate of drug-likeness (QED) is 0.0686. The maximum absolute atomic E-state index is 13.8. The van der Waals surface area contributed by atoms with Crippen molar-refractivity contribution in [1.29, 1.82) is 0 Å². The van der Waals surface area contributed by atoms with Crippen LogP contribution >= 0.6 is 15.2 Å². The number of hydrogen-bond donors (Lipinski definition) is 7. The van der Waals surface area contributed by atoms with Crippen LogP contribution in [0.4, 0.5) is 4.79 Å².